The fourth-order valence-electron chi connectivity index (χ4n) is 2.42. The molecule has 0 saturated heterocycles. The van der Waals surface area contributed by atoms with E-state index in [9.17, 15) is 4.79 Å². The van der Waals surface area contributed by atoms with E-state index in [1.54, 1.807) is 13.1 Å². The summed E-state index contributed by atoms with van der Waals surface area (Å²) in [5.74, 6) is -0.254. The van der Waals surface area contributed by atoms with Gasteiger partial charge in [0.1, 0.15) is 6.54 Å². The Bertz CT molecular complexity index is 829. The molecule has 0 fully saturated rings. The van der Waals surface area contributed by atoms with Crippen LogP contribution < -0.4 is 0 Å². The number of carbonyl (C=O) groups excluding carboxylic acids is 1. The quantitative estimate of drug-likeness (QED) is 0.547. The first-order valence-corrected chi connectivity index (χ1v) is 7.29. The van der Waals surface area contributed by atoms with Crippen molar-refractivity contribution in [1.29, 1.82) is 0 Å². The number of halogens is 1. The van der Waals surface area contributed by atoms with Gasteiger partial charge < -0.3 is 9.30 Å². The smallest absolute Gasteiger partial charge is 0.325 e. The van der Waals surface area contributed by atoms with Gasteiger partial charge in [-0.25, -0.2) is 9.97 Å². The van der Waals surface area contributed by atoms with Gasteiger partial charge in [0, 0.05) is 28.9 Å². The van der Waals surface area contributed by atoms with Crippen molar-refractivity contribution >= 4 is 28.5 Å². The van der Waals surface area contributed by atoms with Gasteiger partial charge in [0.05, 0.1) is 12.3 Å². The number of benzene rings is 1. The molecule has 112 valence electrons. The zero-order chi connectivity index (χ0) is 15.5. The molecular weight excluding hydrogens is 302 g/mol. The van der Waals surface area contributed by atoms with E-state index in [4.69, 9.17) is 16.3 Å². The Labute approximate surface area is 132 Å². The van der Waals surface area contributed by atoms with Crippen molar-refractivity contribution in [2.45, 2.75) is 13.5 Å². The summed E-state index contributed by atoms with van der Waals surface area (Å²) in [6, 6.07) is 9.62. The van der Waals surface area contributed by atoms with Crippen molar-refractivity contribution in [3.63, 3.8) is 0 Å². The van der Waals surface area contributed by atoms with Gasteiger partial charge in [-0.15, -0.1) is 0 Å². The molecule has 0 aliphatic rings. The number of carbonyl (C=O) groups is 1. The number of aromatic nitrogens is 3. The highest BCUT2D eigenvalue weighted by Gasteiger charge is 2.11. The minimum Gasteiger partial charge on any atom is -0.465 e. The fourth-order valence-corrected chi connectivity index (χ4v) is 2.56. The van der Waals surface area contributed by atoms with Gasteiger partial charge in [-0.1, -0.05) is 12.1 Å². The van der Waals surface area contributed by atoms with Crippen LogP contribution in [0, 0.1) is 0 Å². The second kappa shape index (κ2) is 6.15. The first-order valence-electron chi connectivity index (χ1n) is 6.91. The third kappa shape index (κ3) is 2.80. The van der Waals surface area contributed by atoms with Crippen molar-refractivity contribution < 1.29 is 9.53 Å². The number of nitrogens with zero attached hydrogens (tertiary/aromatic N) is 3. The van der Waals surface area contributed by atoms with Crippen molar-refractivity contribution in [3.05, 3.63) is 48.0 Å². The van der Waals surface area contributed by atoms with E-state index in [-0.39, 0.29) is 17.8 Å². The fraction of sp³-hybridized carbons (Fsp3) is 0.188. The Morgan fingerprint density at radius 2 is 2.18 bits per heavy atom. The average Bonchev–Trinajstić information content (AvgIpc) is 2.90. The number of rotatable bonds is 4. The van der Waals surface area contributed by atoms with Crippen LogP contribution in [0.3, 0.4) is 0 Å². The summed E-state index contributed by atoms with van der Waals surface area (Å²) in [5, 5.41) is 1.21. The lowest BCUT2D eigenvalue weighted by Gasteiger charge is -2.07. The van der Waals surface area contributed by atoms with Crippen molar-refractivity contribution in [2.24, 2.45) is 0 Å². The van der Waals surface area contributed by atoms with Gasteiger partial charge in [-0.2, -0.15) is 0 Å². The minimum atomic E-state index is -0.254. The zero-order valence-corrected chi connectivity index (χ0v) is 12.7. The lowest BCUT2D eigenvalue weighted by atomic mass is 10.1. The molecule has 0 bridgehead atoms. The molecule has 2 heterocycles. The number of hydrogen-bond donors (Lipinski definition) is 0. The van der Waals surface area contributed by atoms with Crippen LogP contribution in [0.4, 0.5) is 0 Å². The predicted molar refractivity (Wildman–Crippen MR) is 84.6 cm³/mol. The molecule has 0 aliphatic carbocycles. The second-order valence-electron chi connectivity index (χ2n) is 4.70. The van der Waals surface area contributed by atoms with Crippen molar-refractivity contribution in [1.82, 2.24) is 14.5 Å². The highest BCUT2D eigenvalue weighted by atomic mass is 35.5. The summed E-state index contributed by atoms with van der Waals surface area (Å²) in [6.07, 6.45) is 3.49. The summed E-state index contributed by atoms with van der Waals surface area (Å²) in [4.78, 5) is 19.8. The van der Waals surface area contributed by atoms with Crippen LogP contribution in [0.1, 0.15) is 6.92 Å². The Hall–Kier alpha value is -2.40. The zero-order valence-electron chi connectivity index (χ0n) is 12.0. The third-order valence-electron chi connectivity index (χ3n) is 3.32. The van der Waals surface area contributed by atoms with Crippen molar-refractivity contribution in [3.8, 4) is 11.3 Å². The van der Waals surface area contributed by atoms with Crippen LogP contribution in [0.25, 0.3) is 22.2 Å². The molecule has 6 heteroatoms. The third-order valence-corrected chi connectivity index (χ3v) is 3.50. The van der Waals surface area contributed by atoms with Gasteiger partial charge in [-0.3, -0.25) is 4.79 Å². The molecule has 0 amide bonds. The van der Waals surface area contributed by atoms with E-state index in [0.29, 0.717) is 6.61 Å². The maximum atomic E-state index is 11.7. The van der Waals surface area contributed by atoms with E-state index in [0.717, 1.165) is 22.2 Å². The standard InChI is InChI=1S/C16H14ClN3O2/c1-2-22-15(21)10-20-9-7-12-11(4-3-5-14(12)20)13-6-8-18-16(17)19-13/h3-9H,2,10H2,1H3. The molecule has 3 rings (SSSR count). The van der Waals surface area contributed by atoms with Crippen LogP contribution in [0.15, 0.2) is 42.7 Å². The van der Waals surface area contributed by atoms with Gasteiger partial charge in [0.25, 0.3) is 0 Å². The Morgan fingerprint density at radius 3 is 2.95 bits per heavy atom. The molecule has 0 spiro atoms. The van der Waals surface area contributed by atoms with E-state index in [2.05, 4.69) is 9.97 Å². The summed E-state index contributed by atoms with van der Waals surface area (Å²) >= 11 is 5.87. The maximum absolute atomic E-state index is 11.7. The maximum Gasteiger partial charge on any atom is 0.325 e. The Kier molecular flexibility index (Phi) is 4.06. The summed E-state index contributed by atoms with van der Waals surface area (Å²) < 4.78 is 6.86. The first kappa shape index (κ1) is 14.5. The van der Waals surface area contributed by atoms with E-state index in [1.807, 2.05) is 41.1 Å². The molecular formula is C16H14ClN3O2. The van der Waals surface area contributed by atoms with Crippen molar-refractivity contribution in [2.75, 3.05) is 6.61 Å². The Balaban J connectivity index is 2.04. The number of fused-ring (bicyclic) bond motifs is 1. The molecule has 0 saturated carbocycles. The van der Waals surface area contributed by atoms with Crippen LogP contribution in [0.2, 0.25) is 5.28 Å². The van der Waals surface area contributed by atoms with Gasteiger partial charge in [0.2, 0.25) is 5.28 Å². The molecule has 2 aromatic heterocycles. The largest absolute Gasteiger partial charge is 0.465 e. The normalized spacial score (nSPS) is 10.8. The van der Waals surface area contributed by atoms with E-state index >= 15 is 0 Å². The van der Waals surface area contributed by atoms with Crippen LogP contribution in [-0.2, 0) is 16.1 Å². The molecule has 1 aromatic carbocycles. The number of ether oxygens (including phenoxy) is 1. The minimum absolute atomic E-state index is 0.186. The SMILES string of the molecule is CCOC(=O)Cn1ccc2c(-c3ccnc(Cl)n3)cccc21. The summed E-state index contributed by atoms with van der Waals surface area (Å²) in [7, 11) is 0. The topological polar surface area (TPSA) is 57.0 Å². The van der Waals surface area contributed by atoms with Gasteiger partial charge in [0.15, 0.2) is 0 Å². The lowest BCUT2D eigenvalue weighted by molar-refractivity contribution is -0.143. The molecule has 22 heavy (non-hydrogen) atoms. The molecule has 0 unspecified atom stereocenters. The molecule has 0 radical (unpaired) electrons. The Morgan fingerprint density at radius 1 is 1.32 bits per heavy atom. The predicted octanol–water partition coefficient (Wildman–Crippen LogP) is 3.31. The van der Waals surface area contributed by atoms with E-state index < -0.39 is 0 Å². The molecule has 0 atom stereocenters. The van der Waals surface area contributed by atoms with Gasteiger partial charge >= 0.3 is 5.97 Å². The lowest BCUT2D eigenvalue weighted by Crippen LogP contribution is -2.12. The molecule has 0 N–H and O–H groups in total. The van der Waals surface area contributed by atoms with Crippen LogP contribution in [0.5, 0.6) is 0 Å². The average molecular weight is 316 g/mol. The first-order chi connectivity index (χ1) is 10.7. The molecule has 3 aromatic rings. The second-order valence-corrected chi connectivity index (χ2v) is 5.04. The van der Waals surface area contributed by atoms with Gasteiger partial charge in [-0.05, 0) is 36.7 Å². The number of hydrogen-bond acceptors (Lipinski definition) is 4. The molecule has 5 nitrogen and oxygen atoms in total. The van der Waals surface area contributed by atoms with E-state index in [1.165, 1.54) is 0 Å². The highest BCUT2D eigenvalue weighted by Crippen LogP contribution is 2.28. The van der Waals surface area contributed by atoms with Crippen LogP contribution in [-0.4, -0.2) is 27.1 Å². The van der Waals surface area contributed by atoms with Crippen LogP contribution >= 0.6 is 11.6 Å². The summed E-state index contributed by atoms with van der Waals surface area (Å²) in [5.41, 5.74) is 2.64. The number of esters is 1. The highest BCUT2D eigenvalue weighted by molar-refractivity contribution is 6.28. The molecule has 0 aliphatic heterocycles. The monoisotopic (exact) mass is 315 g/mol. The summed E-state index contributed by atoms with van der Waals surface area (Å²) in [6.45, 7) is 2.36.